The van der Waals surface area contributed by atoms with E-state index in [0.29, 0.717) is 11.3 Å². The van der Waals surface area contributed by atoms with Crippen LogP contribution in [0.15, 0.2) is 42.5 Å². The summed E-state index contributed by atoms with van der Waals surface area (Å²) in [7, 11) is 0. The van der Waals surface area contributed by atoms with E-state index in [9.17, 15) is 24.8 Å². The number of nitro benzene ring substituents is 1. The van der Waals surface area contributed by atoms with Gasteiger partial charge in [-0.15, -0.1) is 0 Å². The normalized spacial score (nSPS) is 10.0. The topological polar surface area (TPSA) is 119 Å². The number of benzene rings is 2. The number of carbonyl (C=O) groups excluding carboxylic acids is 2. The minimum Gasteiger partial charge on any atom is -0.507 e. The monoisotopic (exact) mass is 330 g/mol. The predicted octanol–water partition coefficient (Wildman–Crippen LogP) is 2.40. The molecule has 2 aromatic rings. The lowest BCUT2D eigenvalue weighted by Crippen LogP contribution is -2.21. The number of nitrogens with one attached hydrogen (secondary N) is 1. The second-order valence-corrected chi connectivity index (χ2v) is 4.90. The molecule has 0 unspecified atom stereocenters. The van der Waals surface area contributed by atoms with E-state index in [1.807, 2.05) is 0 Å². The lowest BCUT2D eigenvalue weighted by atomic mass is 10.2. The smallest absolute Gasteiger partial charge is 0.342 e. The van der Waals surface area contributed by atoms with Crippen molar-refractivity contribution in [3.63, 3.8) is 0 Å². The minimum absolute atomic E-state index is 0.0446. The van der Waals surface area contributed by atoms with Gasteiger partial charge in [-0.05, 0) is 30.7 Å². The van der Waals surface area contributed by atoms with Gasteiger partial charge in [-0.25, -0.2) is 4.79 Å². The number of phenols is 1. The summed E-state index contributed by atoms with van der Waals surface area (Å²) in [5.41, 5.74) is 0.752. The molecule has 0 spiro atoms. The molecule has 0 atom stereocenters. The summed E-state index contributed by atoms with van der Waals surface area (Å²) >= 11 is 0. The molecule has 0 bridgehead atoms. The maximum absolute atomic E-state index is 11.8. The van der Waals surface area contributed by atoms with Crippen molar-refractivity contribution in [3.05, 3.63) is 63.7 Å². The maximum Gasteiger partial charge on any atom is 0.342 e. The zero-order valence-corrected chi connectivity index (χ0v) is 12.7. The number of carbonyl (C=O) groups is 2. The van der Waals surface area contributed by atoms with Gasteiger partial charge in [0, 0.05) is 17.8 Å². The number of anilines is 1. The number of aryl methyl sites for hydroxylation is 1. The van der Waals surface area contributed by atoms with Crippen molar-refractivity contribution < 1.29 is 24.4 Å². The standard InChI is InChI=1S/C16H14N2O6/c1-10-8-11(18(22)23)6-7-13(10)17-15(20)9-24-16(21)12-4-2-3-5-14(12)19/h2-8,19H,9H2,1H3,(H,17,20). The lowest BCUT2D eigenvalue weighted by molar-refractivity contribution is -0.384. The van der Waals surface area contributed by atoms with Crippen LogP contribution in [0.2, 0.25) is 0 Å². The molecule has 0 saturated heterocycles. The van der Waals surface area contributed by atoms with Gasteiger partial charge in [0.15, 0.2) is 6.61 Å². The third kappa shape index (κ3) is 4.07. The van der Waals surface area contributed by atoms with Crippen LogP contribution in [0.25, 0.3) is 0 Å². The second-order valence-electron chi connectivity index (χ2n) is 4.90. The Labute approximate surface area is 136 Å². The van der Waals surface area contributed by atoms with Crippen molar-refractivity contribution in [1.29, 1.82) is 0 Å². The number of rotatable bonds is 5. The van der Waals surface area contributed by atoms with Gasteiger partial charge in [0.1, 0.15) is 11.3 Å². The Morgan fingerprint density at radius 3 is 2.58 bits per heavy atom. The highest BCUT2D eigenvalue weighted by Gasteiger charge is 2.15. The first-order chi connectivity index (χ1) is 11.4. The Hall–Kier alpha value is -3.42. The molecule has 0 saturated carbocycles. The van der Waals surface area contributed by atoms with Gasteiger partial charge in [-0.3, -0.25) is 14.9 Å². The lowest BCUT2D eigenvalue weighted by Gasteiger charge is -2.09. The van der Waals surface area contributed by atoms with Gasteiger partial charge in [-0.1, -0.05) is 12.1 Å². The van der Waals surface area contributed by atoms with Crippen LogP contribution in [0, 0.1) is 17.0 Å². The quantitative estimate of drug-likeness (QED) is 0.493. The van der Waals surface area contributed by atoms with Gasteiger partial charge >= 0.3 is 5.97 Å². The number of aromatic hydroxyl groups is 1. The molecule has 1 amide bonds. The largest absolute Gasteiger partial charge is 0.507 e. The SMILES string of the molecule is Cc1cc([N+](=O)[O-])ccc1NC(=O)COC(=O)c1ccccc1O. The second kappa shape index (κ2) is 7.23. The highest BCUT2D eigenvalue weighted by molar-refractivity contribution is 5.97. The number of non-ortho nitro benzene ring substituents is 1. The molecule has 8 nitrogen and oxygen atoms in total. The third-order valence-corrected chi connectivity index (χ3v) is 3.15. The van der Waals surface area contributed by atoms with Gasteiger partial charge < -0.3 is 15.2 Å². The average molecular weight is 330 g/mol. The first-order valence-electron chi connectivity index (χ1n) is 6.88. The van der Waals surface area contributed by atoms with Crippen LogP contribution in [0.3, 0.4) is 0 Å². The number of amides is 1. The fraction of sp³-hybridized carbons (Fsp3) is 0.125. The first-order valence-corrected chi connectivity index (χ1v) is 6.88. The van der Waals surface area contributed by atoms with Crippen LogP contribution in [-0.4, -0.2) is 28.5 Å². The molecule has 0 radical (unpaired) electrons. The van der Waals surface area contributed by atoms with E-state index in [4.69, 9.17) is 4.74 Å². The molecule has 0 aliphatic rings. The van der Waals surface area contributed by atoms with E-state index in [-0.39, 0.29) is 17.0 Å². The number of phenolic OH excluding ortho intramolecular Hbond substituents is 1. The highest BCUT2D eigenvalue weighted by Crippen LogP contribution is 2.21. The summed E-state index contributed by atoms with van der Waals surface area (Å²) < 4.78 is 4.83. The Bertz CT molecular complexity index is 803. The van der Waals surface area contributed by atoms with Crippen LogP contribution < -0.4 is 5.32 Å². The number of esters is 1. The average Bonchev–Trinajstić information content (AvgIpc) is 2.54. The summed E-state index contributed by atoms with van der Waals surface area (Å²) in [6.45, 7) is 1.06. The number of nitro groups is 1. The van der Waals surface area contributed by atoms with Crippen molar-refractivity contribution >= 4 is 23.3 Å². The molecule has 0 fully saturated rings. The maximum atomic E-state index is 11.8. The van der Waals surface area contributed by atoms with E-state index >= 15 is 0 Å². The van der Waals surface area contributed by atoms with Crippen LogP contribution >= 0.6 is 0 Å². The molecule has 0 aliphatic carbocycles. The molecule has 8 heteroatoms. The van der Waals surface area contributed by atoms with Crippen LogP contribution in [0.4, 0.5) is 11.4 Å². The molecule has 2 aromatic carbocycles. The Kier molecular flexibility index (Phi) is 5.10. The Balaban J connectivity index is 1.95. The van der Waals surface area contributed by atoms with Crippen LogP contribution in [0.5, 0.6) is 5.75 Å². The zero-order chi connectivity index (χ0) is 17.7. The van der Waals surface area contributed by atoms with Gasteiger partial charge in [0.05, 0.1) is 4.92 Å². The number of ether oxygens (including phenoxy) is 1. The van der Waals surface area contributed by atoms with E-state index in [1.165, 1.54) is 30.3 Å². The highest BCUT2D eigenvalue weighted by atomic mass is 16.6. The van der Waals surface area contributed by atoms with E-state index < -0.39 is 23.4 Å². The molecular weight excluding hydrogens is 316 g/mol. The van der Waals surface area contributed by atoms with E-state index in [2.05, 4.69) is 5.32 Å². The molecule has 0 heterocycles. The van der Waals surface area contributed by atoms with E-state index in [0.717, 1.165) is 0 Å². The third-order valence-electron chi connectivity index (χ3n) is 3.15. The van der Waals surface area contributed by atoms with Gasteiger partial charge in [-0.2, -0.15) is 0 Å². The molecule has 2 N–H and O–H groups in total. The summed E-state index contributed by atoms with van der Waals surface area (Å²) in [4.78, 5) is 33.7. The molecule has 0 aliphatic heterocycles. The van der Waals surface area contributed by atoms with Crippen LogP contribution in [0.1, 0.15) is 15.9 Å². The Morgan fingerprint density at radius 1 is 1.25 bits per heavy atom. The number of hydrogen-bond acceptors (Lipinski definition) is 6. The van der Waals surface area contributed by atoms with Crippen molar-refractivity contribution in [3.8, 4) is 5.75 Å². The van der Waals surface area contributed by atoms with Crippen molar-refractivity contribution in [1.82, 2.24) is 0 Å². The summed E-state index contributed by atoms with van der Waals surface area (Å²) in [6.07, 6.45) is 0. The summed E-state index contributed by atoms with van der Waals surface area (Å²) in [5, 5.41) is 22.7. The molecular formula is C16H14N2O6. The predicted molar refractivity (Wildman–Crippen MR) is 84.9 cm³/mol. The summed E-state index contributed by atoms with van der Waals surface area (Å²) in [6, 6.07) is 9.79. The van der Waals surface area contributed by atoms with Crippen molar-refractivity contribution in [2.24, 2.45) is 0 Å². The molecule has 124 valence electrons. The first kappa shape index (κ1) is 16.9. The minimum atomic E-state index is -0.830. The molecule has 2 rings (SSSR count). The van der Waals surface area contributed by atoms with Gasteiger partial charge in [0.25, 0.3) is 11.6 Å². The van der Waals surface area contributed by atoms with Crippen molar-refractivity contribution in [2.45, 2.75) is 6.92 Å². The molecule has 24 heavy (non-hydrogen) atoms. The number of nitrogens with zero attached hydrogens (tertiary/aromatic N) is 1. The summed E-state index contributed by atoms with van der Waals surface area (Å²) in [5.74, 6) is -1.67. The van der Waals surface area contributed by atoms with Crippen molar-refractivity contribution in [2.75, 3.05) is 11.9 Å². The van der Waals surface area contributed by atoms with Gasteiger partial charge in [0.2, 0.25) is 0 Å². The fourth-order valence-electron chi connectivity index (χ4n) is 1.94. The molecule has 0 aromatic heterocycles. The van der Waals surface area contributed by atoms with Crippen LogP contribution in [-0.2, 0) is 9.53 Å². The number of para-hydroxylation sites is 1. The zero-order valence-electron chi connectivity index (χ0n) is 12.7. The van der Waals surface area contributed by atoms with E-state index in [1.54, 1.807) is 19.1 Å². The Morgan fingerprint density at radius 2 is 1.96 bits per heavy atom. The number of hydrogen-bond donors (Lipinski definition) is 2. The fourth-order valence-corrected chi connectivity index (χ4v) is 1.94.